The largest absolute Gasteiger partial charge is 0.383 e. The Morgan fingerprint density at radius 2 is 1.81 bits per heavy atom. The van der Waals surface area contributed by atoms with Crippen LogP contribution >= 0.6 is 0 Å². The Bertz CT molecular complexity index is 1260. The van der Waals surface area contributed by atoms with Gasteiger partial charge >= 0.3 is 0 Å². The molecule has 1 N–H and O–H groups in total. The average Bonchev–Trinajstić information content (AvgIpc) is 3.39. The number of methoxy groups -OCH3 is 2. The van der Waals surface area contributed by atoms with Crippen LogP contribution in [-0.4, -0.2) is 65.8 Å². The van der Waals surface area contributed by atoms with Crippen molar-refractivity contribution in [2.75, 3.05) is 50.7 Å². The van der Waals surface area contributed by atoms with E-state index in [2.05, 4.69) is 20.2 Å². The van der Waals surface area contributed by atoms with E-state index in [4.69, 9.17) is 14.5 Å². The monoisotopic (exact) mass is 494 g/mol. The van der Waals surface area contributed by atoms with Gasteiger partial charge in [-0.1, -0.05) is 12.8 Å². The van der Waals surface area contributed by atoms with E-state index >= 15 is 0 Å². The Labute approximate surface area is 210 Å². The molecule has 1 aliphatic rings. The molecule has 3 aromatic heterocycles. The van der Waals surface area contributed by atoms with Crippen molar-refractivity contribution in [3.05, 3.63) is 46.0 Å². The Morgan fingerprint density at radius 3 is 2.39 bits per heavy atom. The number of fused-ring (bicyclic) bond motifs is 1. The molecule has 1 saturated carbocycles. The maximum absolute atomic E-state index is 13.4. The molecule has 10 nitrogen and oxygen atoms in total. The lowest BCUT2D eigenvalue weighted by Crippen LogP contribution is -2.30. The Balaban J connectivity index is 1.66. The summed E-state index contributed by atoms with van der Waals surface area (Å²) < 4.78 is 12.1. The first-order chi connectivity index (χ1) is 17.4. The van der Waals surface area contributed by atoms with Crippen molar-refractivity contribution in [3.8, 4) is 0 Å². The zero-order chi connectivity index (χ0) is 25.7. The second-order valence-electron chi connectivity index (χ2n) is 9.10. The highest BCUT2D eigenvalue weighted by Gasteiger charge is 2.25. The van der Waals surface area contributed by atoms with Crippen LogP contribution in [0, 0.1) is 6.92 Å². The molecular weight excluding hydrogens is 460 g/mol. The smallest absolute Gasteiger partial charge is 0.263 e. The number of nitrogens with one attached hydrogen (secondary N) is 1. The van der Waals surface area contributed by atoms with Gasteiger partial charge in [0.2, 0.25) is 5.95 Å². The van der Waals surface area contributed by atoms with Gasteiger partial charge in [0.05, 0.1) is 30.7 Å². The molecular formula is C26H34N6O4. The van der Waals surface area contributed by atoms with E-state index in [1.165, 1.54) is 6.92 Å². The summed E-state index contributed by atoms with van der Waals surface area (Å²) in [5, 5.41) is 3.87. The summed E-state index contributed by atoms with van der Waals surface area (Å²) in [4.78, 5) is 41.6. The fraction of sp³-hybridized carbons (Fsp3) is 0.500. The fourth-order valence-electron chi connectivity index (χ4n) is 4.84. The number of ketones is 1. The molecule has 0 spiro atoms. The molecule has 0 bridgehead atoms. The number of nitrogens with zero attached hydrogens (tertiary/aromatic N) is 5. The van der Waals surface area contributed by atoms with Gasteiger partial charge in [0, 0.05) is 44.9 Å². The summed E-state index contributed by atoms with van der Waals surface area (Å²) in [5.74, 6) is 0.700. The van der Waals surface area contributed by atoms with Gasteiger partial charge in [0.15, 0.2) is 5.78 Å². The summed E-state index contributed by atoms with van der Waals surface area (Å²) in [6.07, 6.45) is 7.37. The molecule has 192 valence electrons. The van der Waals surface area contributed by atoms with Crippen molar-refractivity contribution >= 4 is 34.3 Å². The van der Waals surface area contributed by atoms with Crippen molar-refractivity contribution < 1.29 is 14.3 Å². The number of ether oxygens (including phenoxy) is 2. The van der Waals surface area contributed by atoms with E-state index in [0.717, 1.165) is 44.5 Å². The lowest BCUT2D eigenvalue weighted by molar-refractivity contribution is 0.101. The predicted octanol–water partition coefficient (Wildman–Crippen LogP) is 3.66. The van der Waals surface area contributed by atoms with Gasteiger partial charge in [-0.05, 0) is 44.4 Å². The third-order valence-corrected chi connectivity index (χ3v) is 6.73. The van der Waals surface area contributed by atoms with Crippen LogP contribution in [0.15, 0.2) is 29.3 Å². The number of aryl methyl sites for hydroxylation is 1. The Kier molecular flexibility index (Phi) is 8.27. The molecule has 3 heterocycles. The van der Waals surface area contributed by atoms with E-state index < -0.39 is 0 Å². The fourth-order valence-corrected chi connectivity index (χ4v) is 4.84. The minimum absolute atomic E-state index is 0.0315. The molecule has 36 heavy (non-hydrogen) atoms. The van der Waals surface area contributed by atoms with Crippen LogP contribution in [0.25, 0.3) is 11.0 Å². The van der Waals surface area contributed by atoms with Gasteiger partial charge < -0.3 is 19.7 Å². The van der Waals surface area contributed by atoms with Crippen molar-refractivity contribution in [2.24, 2.45) is 0 Å². The highest BCUT2D eigenvalue weighted by molar-refractivity contribution is 5.99. The maximum Gasteiger partial charge on any atom is 0.263 e. The summed E-state index contributed by atoms with van der Waals surface area (Å²) in [7, 11) is 3.36. The van der Waals surface area contributed by atoms with Crippen molar-refractivity contribution in [1.82, 2.24) is 19.5 Å². The van der Waals surface area contributed by atoms with Crippen LogP contribution in [0.4, 0.5) is 17.5 Å². The number of carbonyl (C=O) groups excluding carboxylic acids is 1. The molecule has 0 saturated heterocycles. The van der Waals surface area contributed by atoms with E-state index in [1.54, 1.807) is 38.1 Å². The second-order valence-corrected chi connectivity index (χ2v) is 9.10. The first kappa shape index (κ1) is 25.7. The van der Waals surface area contributed by atoms with Crippen LogP contribution in [0.3, 0.4) is 0 Å². The number of hydrogen-bond acceptors (Lipinski definition) is 9. The zero-order valence-electron chi connectivity index (χ0n) is 21.4. The van der Waals surface area contributed by atoms with Gasteiger partial charge in [0.1, 0.15) is 11.5 Å². The minimum atomic E-state index is -0.265. The van der Waals surface area contributed by atoms with Gasteiger partial charge in [-0.25, -0.2) is 9.97 Å². The molecule has 0 atom stereocenters. The standard InChI is InChI=1S/C26H34N6O4/c1-17-21-16-28-26(29-22-10-9-20(15-27-22)31(11-13-35-3)12-14-36-4)30-24(21)32(19-7-5-6-8-19)25(34)23(17)18(2)33/h9-10,15-16,19H,5-8,11-14H2,1-4H3,(H,27,28,29,30). The summed E-state index contributed by atoms with van der Waals surface area (Å²) in [5.41, 5.74) is 2.09. The molecule has 0 radical (unpaired) electrons. The van der Waals surface area contributed by atoms with Crippen molar-refractivity contribution in [3.63, 3.8) is 0 Å². The highest BCUT2D eigenvalue weighted by Crippen LogP contribution is 2.32. The predicted molar refractivity (Wildman–Crippen MR) is 140 cm³/mol. The van der Waals surface area contributed by atoms with Crippen molar-refractivity contribution in [1.29, 1.82) is 0 Å². The topological polar surface area (TPSA) is 111 Å². The Hall–Kier alpha value is -3.37. The molecule has 0 aliphatic heterocycles. The molecule has 0 unspecified atom stereocenters. The third-order valence-electron chi connectivity index (χ3n) is 6.73. The number of hydrogen-bond donors (Lipinski definition) is 1. The van der Waals surface area contributed by atoms with Gasteiger partial charge in [-0.2, -0.15) is 4.98 Å². The number of carbonyl (C=O) groups is 1. The Morgan fingerprint density at radius 1 is 1.11 bits per heavy atom. The maximum atomic E-state index is 13.4. The molecule has 1 aliphatic carbocycles. The van der Waals surface area contributed by atoms with Gasteiger partial charge in [-0.3, -0.25) is 14.2 Å². The van der Waals surface area contributed by atoms with E-state index in [-0.39, 0.29) is 22.9 Å². The van der Waals surface area contributed by atoms with E-state index in [0.29, 0.717) is 41.6 Å². The average molecular weight is 495 g/mol. The lowest BCUT2D eigenvalue weighted by Gasteiger charge is -2.24. The number of pyridine rings is 2. The molecule has 3 aromatic rings. The van der Waals surface area contributed by atoms with E-state index in [9.17, 15) is 9.59 Å². The van der Waals surface area contributed by atoms with Crippen LogP contribution in [0.1, 0.15) is 54.6 Å². The summed E-state index contributed by atoms with van der Waals surface area (Å²) >= 11 is 0. The van der Waals surface area contributed by atoms with Crippen LogP contribution in [0.5, 0.6) is 0 Å². The first-order valence-electron chi connectivity index (χ1n) is 12.3. The zero-order valence-corrected chi connectivity index (χ0v) is 21.4. The van der Waals surface area contributed by atoms with Crippen molar-refractivity contribution in [2.45, 2.75) is 45.6 Å². The number of Topliss-reactive ketones (excluding diaryl/α,β-unsaturated/α-hetero) is 1. The summed E-state index contributed by atoms with van der Waals surface area (Å²) in [6.45, 7) is 5.87. The minimum Gasteiger partial charge on any atom is -0.383 e. The number of rotatable bonds is 11. The summed E-state index contributed by atoms with van der Waals surface area (Å²) in [6, 6.07) is 3.87. The SMILES string of the molecule is COCCN(CCOC)c1ccc(Nc2ncc3c(C)c(C(C)=O)c(=O)n(C4CCCC4)c3n2)nc1. The van der Waals surface area contributed by atoms with Gasteiger partial charge in [0.25, 0.3) is 5.56 Å². The quantitative estimate of drug-likeness (QED) is 0.399. The normalized spacial score (nSPS) is 13.9. The first-order valence-corrected chi connectivity index (χ1v) is 12.3. The van der Waals surface area contributed by atoms with E-state index in [1.807, 2.05) is 12.1 Å². The highest BCUT2D eigenvalue weighted by atomic mass is 16.5. The molecule has 0 aromatic carbocycles. The molecule has 10 heteroatoms. The number of aromatic nitrogens is 4. The molecule has 1 fully saturated rings. The second kappa shape index (κ2) is 11.6. The molecule has 4 rings (SSSR count). The number of anilines is 3. The van der Waals surface area contributed by atoms with Gasteiger partial charge in [-0.15, -0.1) is 0 Å². The third kappa shape index (κ3) is 5.39. The molecule has 0 amide bonds. The van der Waals surface area contributed by atoms with Crippen LogP contribution < -0.4 is 15.8 Å². The van der Waals surface area contributed by atoms with Crippen LogP contribution in [-0.2, 0) is 9.47 Å². The lowest BCUT2D eigenvalue weighted by atomic mass is 10.0. The van der Waals surface area contributed by atoms with Crippen LogP contribution in [0.2, 0.25) is 0 Å².